The summed E-state index contributed by atoms with van der Waals surface area (Å²) in [5, 5.41) is 3.30. The summed E-state index contributed by atoms with van der Waals surface area (Å²) in [6.07, 6.45) is 6.33. The quantitative estimate of drug-likeness (QED) is 0.824. The Morgan fingerprint density at radius 2 is 2.00 bits per heavy atom. The lowest BCUT2D eigenvalue weighted by Crippen LogP contribution is -2.40. The zero-order valence-electron chi connectivity index (χ0n) is 11.5. The molecule has 2 rings (SSSR count). The third kappa shape index (κ3) is 3.95. The fourth-order valence-corrected chi connectivity index (χ4v) is 2.84. The molecule has 2 saturated heterocycles. The minimum Gasteiger partial charge on any atom is -0.378 e. The molecule has 4 heteroatoms. The summed E-state index contributed by atoms with van der Waals surface area (Å²) in [4.78, 5) is 14.1. The zero-order valence-corrected chi connectivity index (χ0v) is 11.5. The van der Waals surface area contributed by atoms with Crippen LogP contribution in [0.15, 0.2) is 0 Å². The number of nitrogens with one attached hydrogen (secondary N) is 1. The van der Waals surface area contributed by atoms with Crippen molar-refractivity contribution in [1.82, 2.24) is 10.2 Å². The van der Waals surface area contributed by atoms with Crippen molar-refractivity contribution >= 4 is 5.91 Å². The summed E-state index contributed by atoms with van der Waals surface area (Å²) < 4.78 is 5.52. The Bertz CT molecular complexity index is 263. The van der Waals surface area contributed by atoms with Crippen molar-refractivity contribution < 1.29 is 9.53 Å². The summed E-state index contributed by atoms with van der Waals surface area (Å²) in [7, 11) is 0. The molecule has 0 aliphatic carbocycles. The van der Waals surface area contributed by atoms with Crippen LogP contribution in [0.1, 0.15) is 39.0 Å². The number of amides is 1. The van der Waals surface area contributed by atoms with Crippen LogP contribution in [-0.2, 0) is 9.53 Å². The number of hydrogen-bond donors (Lipinski definition) is 1. The molecule has 0 radical (unpaired) electrons. The average molecular weight is 254 g/mol. The van der Waals surface area contributed by atoms with Crippen molar-refractivity contribution in [3.05, 3.63) is 0 Å². The lowest BCUT2D eigenvalue weighted by Gasteiger charge is -2.21. The number of carbonyl (C=O) groups is 1. The van der Waals surface area contributed by atoms with Gasteiger partial charge < -0.3 is 15.0 Å². The Balaban J connectivity index is 1.64. The molecule has 0 bridgehead atoms. The van der Waals surface area contributed by atoms with Crippen LogP contribution in [0.4, 0.5) is 0 Å². The van der Waals surface area contributed by atoms with E-state index in [0.29, 0.717) is 18.6 Å². The maximum atomic E-state index is 12.0. The molecular weight excluding hydrogens is 228 g/mol. The van der Waals surface area contributed by atoms with E-state index in [-0.39, 0.29) is 5.91 Å². The van der Waals surface area contributed by atoms with Gasteiger partial charge in [-0.05, 0) is 32.1 Å². The molecule has 2 atom stereocenters. The van der Waals surface area contributed by atoms with Crippen LogP contribution in [0.2, 0.25) is 0 Å². The first-order valence-electron chi connectivity index (χ1n) is 7.37. The highest BCUT2D eigenvalue weighted by Gasteiger charge is 2.24. The first-order valence-corrected chi connectivity index (χ1v) is 7.37. The van der Waals surface area contributed by atoms with Gasteiger partial charge in [-0.3, -0.25) is 4.79 Å². The van der Waals surface area contributed by atoms with E-state index >= 15 is 0 Å². The molecule has 0 aromatic rings. The third-order valence-corrected chi connectivity index (χ3v) is 4.17. The van der Waals surface area contributed by atoms with Gasteiger partial charge in [-0.1, -0.05) is 12.8 Å². The number of nitrogens with zero attached hydrogens (tertiary/aromatic N) is 1. The lowest BCUT2D eigenvalue weighted by atomic mass is 10.0. The molecule has 1 amide bonds. The van der Waals surface area contributed by atoms with E-state index in [4.69, 9.17) is 4.74 Å². The second kappa shape index (κ2) is 7.10. The largest absolute Gasteiger partial charge is 0.378 e. The Kier molecular flexibility index (Phi) is 5.45. The van der Waals surface area contributed by atoms with Gasteiger partial charge >= 0.3 is 0 Å². The van der Waals surface area contributed by atoms with Crippen LogP contribution in [0.3, 0.4) is 0 Å². The molecular formula is C14H26N2O2. The molecule has 2 heterocycles. The number of rotatable bonds is 4. The number of ether oxygens (including phenoxy) is 1. The van der Waals surface area contributed by atoms with Gasteiger partial charge in [0.25, 0.3) is 0 Å². The standard InChI is InChI=1S/C14H26N2O2/c1-12-13(6-9-18-12)10-15-11-14(17)16-7-4-2-3-5-8-16/h12-13,15H,2-11H2,1H3. The van der Waals surface area contributed by atoms with Crippen molar-refractivity contribution in [3.8, 4) is 0 Å². The van der Waals surface area contributed by atoms with Gasteiger partial charge in [0.2, 0.25) is 5.91 Å². The molecule has 1 N–H and O–H groups in total. The lowest BCUT2D eigenvalue weighted by molar-refractivity contribution is -0.130. The molecule has 0 spiro atoms. The number of likely N-dealkylation sites (tertiary alicyclic amines) is 1. The highest BCUT2D eigenvalue weighted by Crippen LogP contribution is 2.19. The topological polar surface area (TPSA) is 41.6 Å². The summed E-state index contributed by atoms with van der Waals surface area (Å²) >= 11 is 0. The Labute approximate surface area is 110 Å². The van der Waals surface area contributed by atoms with Crippen LogP contribution in [0, 0.1) is 5.92 Å². The summed E-state index contributed by atoms with van der Waals surface area (Å²) in [6, 6.07) is 0. The predicted molar refractivity (Wildman–Crippen MR) is 71.4 cm³/mol. The molecule has 4 nitrogen and oxygen atoms in total. The van der Waals surface area contributed by atoms with Crippen molar-refractivity contribution in [2.45, 2.75) is 45.1 Å². The smallest absolute Gasteiger partial charge is 0.236 e. The molecule has 0 saturated carbocycles. The summed E-state index contributed by atoms with van der Waals surface area (Å²) in [5.41, 5.74) is 0. The molecule has 2 aliphatic heterocycles. The third-order valence-electron chi connectivity index (χ3n) is 4.17. The maximum Gasteiger partial charge on any atom is 0.236 e. The second-order valence-electron chi connectivity index (χ2n) is 5.55. The van der Waals surface area contributed by atoms with Gasteiger partial charge in [0.15, 0.2) is 0 Å². The van der Waals surface area contributed by atoms with Crippen LogP contribution >= 0.6 is 0 Å². The number of carbonyl (C=O) groups excluding carboxylic acids is 1. The van der Waals surface area contributed by atoms with Gasteiger partial charge in [0.05, 0.1) is 12.6 Å². The van der Waals surface area contributed by atoms with Gasteiger partial charge in [0.1, 0.15) is 0 Å². The second-order valence-corrected chi connectivity index (χ2v) is 5.55. The summed E-state index contributed by atoms with van der Waals surface area (Å²) in [5.74, 6) is 0.838. The van der Waals surface area contributed by atoms with Gasteiger partial charge in [-0.2, -0.15) is 0 Å². The summed E-state index contributed by atoms with van der Waals surface area (Å²) in [6.45, 7) is 6.28. The van der Waals surface area contributed by atoms with Gasteiger partial charge in [0, 0.05) is 26.2 Å². The van der Waals surface area contributed by atoms with E-state index < -0.39 is 0 Å². The van der Waals surface area contributed by atoms with Crippen molar-refractivity contribution in [2.24, 2.45) is 5.92 Å². The van der Waals surface area contributed by atoms with E-state index in [9.17, 15) is 4.79 Å². The highest BCUT2D eigenvalue weighted by molar-refractivity contribution is 5.78. The minimum absolute atomic E-state index is 0.267. The van der Waals surface area contributed by atoms with Gasteiger partial charge in [-0.25, -0.2) is 0 Å². The highest BCUT2D eigenvalue weighted by atomic mass is 16.5. The van der Waals surface area contributed by atoms with Crippen LogP contribution in [0.5, 0.6) is 0 Å². The molecule has 0 aromatic heterocycles. The average Bonchev–Trinajstić information content (AvgIpc) is 2.64. The van der Waals surface area contributed by atoms with E-state index in [2.05, 4.69) is 12.2 Å². The zero-order chi connectivity index (χ0) is 12.8. The first kappa shape index (κ1) is 13.8. The van der Waals surface area contributed by atoms with Crippen molar-refractivity contribution in [1.29, 1.82) is 0 Å². The molecule has 18 heavy (non-hydrogen) atoms. The monoisotopic (exact) mass is 254 g/mol. The molecule has 104 valence electrons. The van der Waals surface area contributed by atoms with E-state index in [1.165, 1.54) is 25.7 Å². The van der Waals surface area contributed by atoms with Crippen LogP contribution in [-0.4, -0.2) is 49.7 Å². The van der Waals surface area contributed by atoms with E-state index in [1.807, 2.05) is 4.90 Å². The predicted octanol–water partition coefficient (Wildman–Crippen LogP) is 1.40. The maximum absolute atomic E-state index is 12.0. The van der Waals surface area contributed by atoms with Crippen LogP contribution < -0.4 is 5.32 Å². The molecule has 2 aliphatic rings. The SMILES string of the molecule is CC1OCCC1CNCC(=O)N1CCCCCC1. The first-order chi connectivity index (χ1) is 8.77. The fourth-order valence-electron chi connectivity index (χ4n) is 2.84. The van der Waals surface area contributed by atoms with E-state index in [0.717, 1.165) is 32.7 Å². The molecule has 2 unspecified atom stereocenters. The Morgan fingerprint density at radius 3 is 2.61 bits per heavy atom. The van der Waals surface area contributed by atoms with Crippen molar-refractivity contribution in [2.75, 3.05) is 32.8 Å². The minimum atomic E-state index is 0.267. The number of hydrogen-bond acceptors (Lipinski definition) is 3. The van der Waals surface area contributed by atoms with Crippen molar-refractivity contribution in [3.63, 3.8) is 0 Å². The molecule has 2 fully saturated rings. The van der Waals surface area contributed by atoms with Gasteiger partial charge in [-0.15, -0.1) is 0 Å². The Morgan fingerprint density at radius 1 is 1.28 bits per heavy atom. The molecule has 0 aromatic carbocycles. The fraction of sp³-hybridized carbons (Fsp3) is 0.929. The Hall–Kier alpha value is -0.610. The normalized spacial score (nSPS) is 29.3. The van der Waals surface area contributed by atoms with E-state index in [1.54, 1.807) is 0 Å². The van der Waals surface area contributed by atoms with Crippen LogP contribution in [0.25, 0.3) is 0 Å².